The van der Waals surface area contributed by atoms with E-state index in [1.807, 2.05) is 6.07 Å². The van der Waals surface area contributed by atoms with Gasteiger partial charge in [-0.2, -0.15) is 5.26 Å². The molecule has 1 amide bonds. The fourth-order valence-corrected chi connectivity index (χ4v) is 1.81. The molecule has 1 fully saturated rings. The van der Waals surface area contributed by atoms with Crippen molar-refractivity contribution >= 4 is 23.2 Å². The van der Waals surface area contributed by atoms with E-state index in [1.54, 1.807) is 18.2 Å². The molecule has 1 saturated carbocycles. The minimum atomic E-state index is -0.0519. The molecule has 0 aromatic heterocycles. The molecule has 94 valence electrons. The Bertz CT molecular complexity index is 491. The maximum Gasteiger partial charge on any atom is 0.225 e. The molecule has 0 spiro atoms. The van der Waals surface area contributed by atoms with Crippen LogP contribution in [0.2, 0.25) is 5.02 Å². The average Bonchev–Trinajstić information content (AvgIpc) is 3.13. The summed E-state index contributed by atoms with van der Waals surface area (Å²) in [4.78, 5) is 11.6. The van der Waals surface area contributed by atoms with E-state index in [0.717, 1.165) is 0 Å². The van der Waals surface area contributed by atoms with Crippen LogP contribution < -0.4 is 10.6 Å². The molecule has 0 aliphatic heterocycles. The molecule has 1 aliphatic carbocycles. The first-order valence-corrected chi connectivity index (χ1v) is 6.29. The maximum absolute atomic E-state index is 11.6. The lowest BCUT2D eigenvalue weighted by molar-refractivity contribution is -0.116. The molecule has 1 aliphatic rings. The standard InChI is InChI=1S/C13H14ClN3O/c14-12-7-11(2-1-9(12)8-15)17-13(18)5-6-16-10-3-4-10/h1-2,7,10,16H,3-6H2,(H,17,18). The summed E-state index contributed by atoms with van der Waals surface area (Å²) in [6.45, 7) is 0.695. The van der Waals surface area contributed by atoms with Crippen molar-refractivity contribution in [2.24, 2.45) is 0 Å². The van der Waals surface area contributed by atoms with Crippen LogP contribution in [0.4, 0.5) is 5.69 Å². The second-order valence-electron chi connectivity index (χ2n) is 4.33. The zero-order valence-electron chi connectivity index (χ0n) is 9.87. The van der Waals surface area contributed by atoms with Crippen molar-refractivity contribution in [1.82, 2.24) is 5.32 Å². The van der Waals surface area contributed by atoms with E-state index < -0.39 is 0 Å². The van der Waals surface area contributed by atoms with Crippen molar-refractivity contribution < 1.29 is 4.79 Å². The molecule has 2 N–H and O–H groups in total. The van der Waals surface area contributed by atoms with Crippen LogP contribution in [0.3, 0.4) is 0 Å². The highest BCUT2D eigenvalue weighted by Gasteiger charge is 2.20. The third-order valence-corrected chi connectivity index (χ3v) is 3.05. The van der Waals surface area contributed by atoms with Gasteiger partial charge in [0.05, 0.1) is 10.6 Å². The minimum Gasteiger partial charge on any atom is -0.326 e. The Kier molecular flexibility index (Phi) is 4.19. The van der Waals surface area contributed by atoms with E-state index in [-0.39, 0.29) is 5.91 Å². The van der Waals surface area contributed by atoms with Crippen LogP contribution in [-0.2, 0) is 4.79 Å². The third-order valence-electron chi connectivity index (χ3n) is 2.74. The number of carbonyl (C=O) groups excluding carboxylic acids is 1. The fraction of sp³-hybridized carbons (Fsp3) is 0.385. The van der Waals surface area contributed by atoms with Gasteiger partial charge in [-0.15, -0.1) is 0 Å². The number of nitrogens with one attached hydrogen (secondary N) is 2. The number of anilines is 1. The Morgan fingerprint density at radius 2 is 2.28 bits per heavy atom. The van der Waals surface area contributed by atoms with E-state index in [9.17, 15) is 4.79 Å². The molecule has 2 rings (SSSR count). The molecule has 5 heteroatoms. The molecule has 0 saturated heterocycles. The lowest BCUT2D eigenvalue weighted by Gasteiger charge is -2.06. The summed E-state index contributed by atoms with van der Waals surface area (Å²) in [6.07, 6.45) is 2.87. The second-order valence-corrected chi connectivity index (χ2v) is 4.74. The van der Waals surface area contributed by atoms with Crippen LogP contribution in [0.5, 0.6) is 0 Å². The summed E-state index contributed by atoms with van der Waals surface area (Å²) in [5.74, 6) is -0.0519. The number of benzene rings is 1. The number of hydrogen-bond donors (Lipinski definition) is 2. The summed E-state index contributed by atoms with van der Waals surface area (Å²) in [6, 6.07) is 7.45. The second kappa shape index (κ2) is 5.85. The van der Waals surface area contributed by atoms with E-state index in [4.69, 9.17) is 16.9 Å². The van der Waals surface area contributed by atoms with Crippen LogP contribution in [0.25, 0.3) is 0 Å². The van der Waals surface area contributed by atoms with Crippen molar-refractivity contribution in [3.63, 3.8) is 0 Å². The Morgan fingerprint density at radius 1 is 1.50 bits per heavy atom. The van der Waals surface area contributed by atoms with Gasteiger partial charge < -0.3 is 10.6 Å². The number of nitriles is 1. The van der Waals surface area contributed by atoms with Crippen LogP contribution in [0.15, 0.2) is 18.2 Å². The van der Waals surface area contributed by atoms with Gasteiger partial charge in [-0.1, -0.05) is 11.6 Å². The predicted octanol–water partition coefficient (Wildman–Crippen LogP) is 2.29. The normalized spacial score (nSPS) is 14.0. The molecule has 0 radical (unpaired) electrons. The molecule has 1 aromatic carbocycles. The van der Waals surface area contributed by atoms with Gasteiger partial charge in [0.15, 0.2) is 0 Å². The summed E-state index contributed by atoms with van der Waals surface area (Å²) < 4.78 is 0. The van der Waals surface area contributed by atoms with Crippen molar-refractivity contribution in [1.29, 1.82) is 5.26 Å². The van der Waals surface area contributed by atoms with Crippen molar-refractivity contribution in [3.8, 4) is 6.07 Å². The van der Waals surface area contributed by atoms with Crippen LogP contribution >= 0.6 is 11.6 Å². The topological polar surface area (TPSA) is 64.9 Å². The lowest BCUT2D eigenvalue weighted by atomic mass is 10.2. The van der Waals surface area contributed by atoms with Gasteiger partial charge in [0.1, 0.15) is 6.07 Å². The molecule has 0 atom stereocenters. The first-order chi connectivity index (χ1) is 8.69. The number of rotatable bonds is 5. The number of nitrogens with zero attached hydrogens (tertiary/aromatic N) is 1. The molecule has 4 nitrogen and oxygen atoms in total. The van der Waals surface area contributed by atoms with E-state index >= 15 is 0 Å². The van der Waals surface area contributed by atoms with Crippen molar-refractivity contribution in [3.05, 3.63) is 28.8 Å². The van der Waals surface area contributed by atoms with Gasteiger partial charge >= 0.3 is 0 Å². The highest BCUT2D eigenvalue weighted by Crippen LogP contribution is 2.20. The quantitative estimate of drug-likeness (QED) is 0.857. The molecule has 0 bridgehead atoms. The largest absolute Gasteiger partial charge is 0.326 e. The molecular formula is C13H14ClN3O. The summed E-state index contributed by atoms with van der Waals surface area (Å²) >= 11 is 5.88. The van der Waals surface area contributed by atoms with E-state index in [2.05, 4.69) is 10.6 Å². The monoisotopic (exact) mass is 263 g/mol. The van der Waals surface area contributed by atoms with Gasteiger partial charge in [-0.3, -0.25) is 4.79 Å². The molecular weight excluding hydrogens is 250 g/mol. The Morgan fingerprint density at radius 3 is 2.89 bits per heavy atom. The van der Waals surface area contributed by atoms with E-state index in [0.29, 0.717) is 35.3 Å². The van der Waals surface area contributed by atoms with Crippen LogP contribution in [0.1, 0.15) is 24.8 Å². The van der Waals surface area contributed by atoms with Gasteiger partial charge in [0.25, 0.3) is 0 Å². The Balaban J connectivity index is 1.82. The number of amides is 1. The van der Waals surface area contributed by atoms with Crippen molar-refractivity contribution in [2.45, 2.75) is 25.3 Å². The van der Waals surface area contributed by atoms with Gasteiger partial charge in [0, 0.05) is 24.7 Å². The molecule has 0 unspecified atom stereocenters. The van der Waals surface area contributed by atoms with E-state index in [1.165, 1.54) is 12.8 Å². The highest BCUT2D eigenvalue weighted by atomic mass is 35.5. The minimum absolute atomic E-state index is 0.0519. The first kappa shape index (κ1) is 12.9. The zero-order chi connectivity index (χ0) is 13.0. The summed E-state index contributed by atoms with van der Waals surface area (Å²) in [7, 11) is 0. The average molecular weight is 264 g/mol. The van der Waals surface area contributed by atoms with Gasteiger partial charge in [-0.25, -0.2) is 0 Å². The fourth-order valence-electron chi connectivity index (χ4n) is 1.58. The number of hydrogen-bond acceptors (Lipinski definition) is 3. The number of carbonyl (C=O) groups is 1. The Labute approximate surface area is 111 Å². The summed E-state index contributed by atoms with van der Waals surface area (Å²) in [5.41, 5.74) is 1.03. The molecule has 0 heterocycles. The smallest absolute Gasteiger partial charge is 0.225 e. The van der Waals surface area contributed by atoms with Crippen molar-refractivity contribution in [2.75, 3.05) is 11.9 Å². The predicted molar refractivity (Wildman–Crippen MR) is 70.4 cm³/mol. The van der Waals surface area contributed by atoms with Crippen LogP contribution in [0, 0.1) is 11.3 Å². The first-order valence-electron chi connectivity index (χ1n) is 5.92. The third kappa shape index (κ3) is 3.73. The van der Waals surface area contributed by atoms with Crippen LogP contribution in [-0.4, -0.2) is 18.5 Å². The molecule has 1 aromatic rings. The Hall–Kier alpha value is -1.57. The lowest BCUT2D eigenvalue weighted by Crippen LogP contribution is -2.23. The number of halogens is 1. The maximum atomic E-state index is 11.6. The van der Waals surface area contributed by atoms with Gasteiger partial charge in [-0.05, 0) is 31.0 Å². The van der Waals surface area contributed by atoms with Gasteiger partial charge in [0.2, 0.25) is 5.91 Å². The molecule has 18 heavy (non-hydrogen) atoms. The summed E-state index contributed by atoms with van der Waals surface area (Å²) in [5, 5.41) is 15.1. The SMILES string of the molecule is N#Cc1ccc(NC(=O)CCNC2CC2)cc1Cl. The highest BCUT2D eigenvalue weighted by molar-refractivity contribution is 6.32. The zero-order valence-corrected chi connectivity index (χ0v) is 10.6.